The zero-order valence-electron chi connectivity index (χ0n) is 18.4. The smallest absolute Gasteiger partial charge is 0.335 e. The van der Waals surface area contributed by atoms with E-state index in [1.165, 1.54) is 19.3 Å². The van der Waals surface area contributed by atoms with Gasteiger partial charge in [-0.1, -0.05) is 51.8 Å². The number of carbonyl (C=O) groups excluding carboxylic acids is 3. The topological polar surface area (TPSA) is 75.7 Å². The van der Waals surface area contributed by atoms with Gasteiger partial charge in [-0.05, 0) is 54.5 Å². The fourth-order valence-electron chi connectivity index (χ4n) is 3.65. The number of rotatable bonds is 5. The van der Waals surface area contributed by atoms with Gasteiger partial charge < -0.3 is 4.74 Å². The zero-order valence-corrected chi connectivity index (χ0v) is 20.0. The minimum atomic E-state index is -0.810. The average molecular weight is 523 g/mol. The minimum absolute atomic E-state index is 0.198. The number of methoxy groups -OCH3 is 1. The lowest BCUT2D eigenvalue weighted by molar-refractivity contribution is -0.122. The lowest BCUT2D eigenvalue weighted by Gasteiger charge is -2.26. The number of nitrogens with zero attached hydrogens (tertiary/aromatic N) is 1. The fourth-order valence-corrected chi connectivity index (χ4v) is 4.25. The van der Waals surface area contributed by atoms with Crippen LogP contribution in [-0.2, 0) is 16.0 Å². The van der Waals surface area contributed by atoms with E-state index < -0.39 is 17.8 Å². The van der Waals surface area contributed by atoms with Crippen LogP contribution in [-0.4, -0.2) is 25.0 Å². The number of amides is 4. The molecule has 0 bridgehead atoms. The molecule has 3 aromatic rings. The van der Waals surface area contributed by atoms with Crippen molar-refractivity contribution in [2.45, 2.75) is 13.3 Å². The van der Waals surface area contributed by atoms with Crippen molar-refractivity contribution in [1.29, 1.82) is 0 Å². The van der Waals surface area contributed by atoms with Crippen molar-refractivity contribution in [3.63, 3.8) is 0 Å². The van der Waals surface area contributed by atoms with Crippen molar-refractivity contribution in [3.8, 4) is 5.75 Å². The van der Waals surface area contributed by atoms with Crippen molar-refractivity contribution in [3.05, 3.63) is 98.8 Å². The van der Waals surface area contributed by atoms with Crippen LogP contribution in [0.15, 0.2) is 70.7 Å². The van der Waals surface area contributed by atoms with Gasteiger partial charge in [0.1, 0.15) is 17.1 Å². The Balaban J connectivity index is 1.71. The van der Waals surface area contributed by atoms with Gasteiger partial charge in [-0.15, -0.1) is 0 Å². The second-order valence-corrected chi connectivity index (χ2v) is 8.60. The molecule has 0 atom stereocenters. The van der Waals surface area contributed by atoms with E-state index in [-0.39, 0.29) is 17.8 Å². The number of carbonyl (C=O) groups is 3. The maximum atomic E-state index is 14.2. The number of aryl methyl sites for hydroxylation is 1. The number of hydrogen-bond donors (Lipinski definition) is 1. The van der Waals surface area contributed by atoms with Crippen LogP contribution in [0.25, 0.3) is 6.08 Å². The Bertz CT molecular complexity index is 1340. The van der Waals surface area contributed by atoms with Crippen LogP contribution in [0.5, 0.6) is 5.75 Å². The molecule has 1 heterocycles. The lowest BCUT2D eigenvalue weighted by Crippen LogP contribution is -2.54. The van der Waals surface area contributed by atoms with E-state index in [4.69, 9.17) is 4.74 Å². The molecule has 0 radical (unpaired) electrons. The summed E-state index contributed by atoms with van der Waals surface area (Å²) < 4.78 is 20.3. The highest BCUT2D eigenvalue weighted by molar-refractivity contribution is 9.10. The highest BCUT2D eigenvalue weighted by Gasteiger charge is 2.36. The summed E-state index contributed by atoms with van der Waals surface area (Å²) in [4.78, 5) is 38.9. The number of halogens is 2. The number of barbiturate groups is 1. The Hall–Kier alpha value is -3.78. The van der Waals surface area contributed by atoms with Crippen molar-refractivity contribution in [2.75, 3.05) is 12.0 Å². The summed E-state index contributed by atoms with van der Waals surface area (Å²) in [7, 11) is 1.49. The van der Waals surface area contributed by atoms with Crippen LogP contribution in [0.4, 0.5) is 14.9 Å². The SMILES string of the molecule is COc1cc(/C=C2\C(=O)NC(=O)N(c3ccc(C)cc3)C2=O)cc(Br)c1Cc1ccccc1F. The Morgan fingerprint density at radius 2 is 1.76 bits per heavy atom. The summed E-state index contributed by atoms with van der Waals surface area (Å²) in [5.74, 6) is -1.39. The molecule has 4 rings (SSSR count). The molecule has 172 valence electrons. The number of imide groups is 2. The van der Waals surface area contributed by atoms with Gasteiger partial charge in [-0.25, -0.2) is 14.1 Å². The lowest BCUT2D eigenvalue weighted by atomic mass is 10.00. The predicted molar refractivity (Wildman–Crippen MR) is 130 cm³/mol. The average Bonchev–Trinajstić information content (AvgIpc) is 2.80. The minimum Gasteiger partial charge on any atom is -0.496 e. The second kappa shape index (κ2) is 9.61. The molecular formula is C26H20BrFN2O4. The maximum Gasteiger partial charge on any atom is 0.335 e. The third-order valence-corrected chi connectivity index (χ3v) is 6.13. The number of urea groups is 1. The highest BCUT2D eigenvalue weighted by Crippen LogP contribution is 2.33. The quantitative estimate of drug-likeness (QED) is 0.370. The number of hydrogen-bond acceptors (Lipinski definition) is 4. The van der Waals surface area contributed by atoms with E-state index in [9.17, 15) is 18.8 Å². The number of ether oxygens (including phenoxy) is 1. The van der Waals surface area contributed by atoms with Crippen LogP contribution in [0.1, 0.15) is 22.3 Å². The summed E-state index contributed by atoms with van der Waals surface area (Å²) in [6.07, 6.45) is 1.67. The van der Waals surface area contributed by atoms with Crippen molar-refractivity contribution >= 4 is 45.5 Å². The van der Waals surface area contributed by atoms with E-state index in [0.717, 1.165) is 10.5 Å². The first kappa shape index (κ1) is 23.4. The van der Waals surface area contributed by atoms with Gasteiger partial charge in [-0.2, -0.15) is 0 Å². The first-order chi connectivity index (χ1) is 16.3. The molecule has 1 fully saturated rings. The van der Waals surface area contributed by atoms with Gasteiger partial charge in [0.2, 0.25) is 0 Å². The van der Waals surface area contributed by atoms with Gasteiger partial charge in [0.15, 0.2) is 0 Å². The summed E-state index contributed by atoms with van der Waals surface area (Å²) in [6, 6.07) is 15.8. The summed E-state index contributed by atoms with van der Waals surface area (Å²) in [5, 5.41) is 2.21. The molecular weight excluding hydrogens is 503 g/mol. The molecule has 6 nitrogen and oxygen atoms in total. The number of benzene rings is 3. The third-order valence-electron chi connectivity index (χ3n) is 5.43. The standard InChI is InChI=1S/C26H20BrFN2O4/c1-15-7-9-18(10-8-15)30-25(32)20(24(31)29-26(30)33)11-16-12-21(27)19(23(13-16)34-2)14-17-5-3-4-6-22(17)28/h3-13H,14H2,1-2H3,(H,29,31,33)/b20-11+. The van der Waals surface area contributed by atoms with Gasteiger partial charge >= 0.3 is 6.03 Å². The van der Waals surface area contributed by atoms with Crippen LogP contribution >= 0.6 is 15.9 Å². The summed E-state index contributed by atoms with van der Waals surface area (Å²) >= 11 is 3.50. The van der Waals surface area contributed by atoms with Gasteiger partial charge in [0.25, 0.3) is 11.8 Å². The third kappa shape index (κ3) is 4.63. The van der Waals surface area contributed by atoms with E-state index in [1.807, 2.05) is 6.92 Å². The molecule has 0 aliphatic carbocycles. The molecule has 4 amide bonds. The molecule has 1 saturated heterocycles. The van der Waals surface area contributed by atoms with Crippen molar-refractivity contribution in [2.24, 2.45) is 0 Å². The first-order valence-corrected chi connectivity index (χ1v) is 11.2. The molecule has 0 spiro atoms. The van der Waals surface area contributed by atoms with Gasteiger partial charge in [-0.3, -0.25) is 14.9 Å². The monoisotopic (exact) mass is 522 g/mol. The second-order valence-electron chi connectivity index (χ2n) is 7.75. The molecule has 0 saturated carbocycles. The zero-order chi connectivity index (χ0) is 24.4. The van der Waals surface area contributed by atoms with E-state index in [1.54, 1.807) is 54.6 Å². The maximum absolute atomic E-state index is 14.2. The Morgan fingerprint density at radius 3 is 2.44 bits per heavy atom. The van der Waals surface area contributed by atoms with Crippen molar-refractivity contribution in [1.82, 2.24) is 5.32 Å². The van der Waals surface area contributed by atoms with Crippen LogP contribution < -0.4 is 15.0 Å². The van der Waals surface area contributed by atoms with E-state index in [0.29, 0.717) is 32.6 Å². The predicted octanol–water partition coefficient (Wildman–Crippen LogP) is 5.16. The molecule has 3 aromatic carbocycles. The Labute approximate surface area is 204 Å². The Morgan fingerprint density at radius 1 is 1.06 bits per heavy atom. The Kier molecular flexibility index (Phi) is 6.61. The van der Waals surface area contributed by atoms with Crippen LogP contribution in [0.2, 0.25) is 0 Å². The fraction of sp³-hybridized carbons (Fsp3) is 0.115. The molecule has 0 unspecified atom stereocenters. The molecule has 8 heteroatoms. The molecule has 34 heavy (non-hydrogen) atoms. The molecule has 1 N–H and O–H groups in total. The normalized spacial score (nSPS) is 15.0. The van der Waals surface area contributed by atoms with Crippen molar-refractivity contribution < 1.29 is 23.5 Å². The summed E-state index contributed by atoms with van der Waals surface area (Å²) in [5.41, 5.74) is 2.83. The largest absolute Gasteiger partial charge is 0.496 e. The molecule has 0 aromatic heterocycles. The van der Waals surface area contributed by atoms with E-state index >= 15 is 0 Å². The van der Waals surface area contributed by atoms with Crippen LogP contribution in [0.3, 0.4) is 0 Å². The van der Waals surface area contributed by atoms with Gasteiger partial charge in [0, 0.05) is 16.5 Å². The van der Waals surface area contributed by atoms with Crippen LogP contribution in [0, 0.1) is 12.7 Å². The summed E-state index contributed by atoms with van der Waals surface area (Å²) in [6.45, 7) is 1.89. The highest BCUT2D eigenvalue weighted by atomic mass is 79.9. The first-order valence-electron chi connectivity index (χ1n) is 10.4. The number of anilines is 1. The van der Waals surface area contributed by atoms with E-state index in [2.05, 4.69) is 21.2 Å². The molecule has 1 aliphatic heterocycles. The number of nitrogens with one attached hydrogen (secondary N) is 1. The van der Waals surface area contributed by atoms with Gasteiger partial charge in [0.05, 0.1) is 12.8 Å². The molecule has 1 aliphatic rings.